The van der Waals surface area contributed by atoms with E-state index in [2.05, 4.69) is 4.37 Å². The van der Waals surface area contributed by atoms with Crippen molar-refractivity contribution in [3.05, 3.63) is 17.5 Å². The highest BCUT2D eigenvalue weighted by atomic mass is 32.1. The number of carbonyl (C=O) groups is 1. The minimum atomic E-state index is -1.01. The van der Waals surface area contributed by atoms with Crippen LogP contribution in [0.2, 0.25) is 0 Å². The lowest BCUT2D eigenvalue weighted by atomic mass is 9.86. The number of hydrogen-bond acceptors (Lipinski definition) is 4. The highest BCUT2D eigenvalue weighted by molar-refractivity contribution is 7.12. The predicted molar refractivity (Wildman–Crippen MR) is 64.7 cm³/mol. The van der Waals surface area contributed by atoms with Gasteiger partial charge in [0, 0.05) is 23.5 Å². The van der Waals surface area contributed by atoms with Crippen LogP contribution in [0.1, 0.15) is 54.3 Å². The summed E-state index contributed by atoms with van der Waals surface area (Å²) >= 11 is 1.27. The van der Waals surface area contributed by atoms with Gasteiger partial charge in [-0.2, -0.15) is 4.37 Å². The van der Waals surface area contributed by atoms with E-state index in [1.165, 1.54) is 30.8 Å². The van der Waals surface area contributed by atoms with Crippen LogP contribution in [0.4, 0.5) is 0 Å². The first-order chi connectivity index (χ1) is 8.25. The molecule has 2 aromatic rings. The third kappa shape index (κ3) is 1.84. The molecular formula is C12H13NO3S. The van der Waals surface area contributed by atoms with Crippen molar-refractivity contribution in [3.8, 4) is 0 Å². The maximum atomic E-state index is 10.8. The molecule has 90 valence electrons. The lowest BCUT2D eigenvalue weighted by Crippen LogP contribution is -2.04. The van der Waals surface area contributed by atoms with Gasteiger partial charge in [-0.15, -0.1) is 0 Å². The van der Waals surface area contributed by atoms with Crippen molar-refractivity contribution in [2.45, 2.75) is 38.0 Å². The Morgan fingerprint density at radius 2 is 2.18 bits per heavy atom. The van der Waals surface area contributed by atoms with Crippen LogP contribution >= 0.6 is 11.5 Å². The van der Waals surface area contributed by atoms with E-state index in [-0.39, 0.29) is 5.76 Å². The Bertz CT molecular complexity index is 551. The van der Waals surface area contributed by atoms with Gasteiger partial charge in [-0.05, 0) is 12.8 Å². The predicted octanol–water partition coefficient (Wildman–Crippen LogP) is 3.64. The van der Waals surface area contributed by atoms with E-state index in [1.807, 2.05) is 0 Å². The Labute approximate surface area is 102 Å². The molecular weight excluding hydrogens is 238 g/mol. The lowest BCUT2D eigenvalue weighted by Gasteiger charge is -2.19. The van der Waals surface area contributed by atoms with Crippen molar-refractivity contribution in [2.24, 2.45) is 0 Å². The second-order valence-electron chi connectivity index (χ2n) is 4.52. The minimum absolute atomic E-state index is 0.0192. The van der Waals surface area contributed by atoms with E-state index < -0.39 is 5.97 Å². The van der Waals surface area contributed by atoms with Gasteiger partial charge in [0.2, 0.25) is 10.7 Å². The topological polar surface area (TPSA) is 63.3 Å². The second-order valence-corrected chi connectivity index (χ2v) is 5.26. The molecule has 0 bridgehead atoms. The lowest BCUT2D eigenvalue weighted by molar-refractivity contribution is 0.0665. The van der Waals surface area contributed by atoms with Gasteiger partial charge in [0.1, 0.15) is 0 Å². The number of hydrogen-bond donors (Lipinski definition) is 1. The van der Waals surface area contributed by atoms with Gasteiger partial charge in [0.25, 0.3) is 0 Å². The van der Waals surface area contributed by atoms with Crippen LogP contribution in [-0.2, 0) is 0 Å². The van der Waals surface area contributed by atoms with E-state index >= 15 is 0 Å². The van der Waals surface area contributed by atoms with Gasteiger partial charge in [0.15, 0.2) is 0 Å². The van der Waals surface area contributed by atoms with Crippen molar-refractivity contribution >= 4 is 27.8 Å². The van der Waals surface area contributed by atoms with Gasteiger partial charge >= 0.3 is 5.97 Å². The summed E-state index contributed by atoms with van der Waals surface area (Å²) in [6.45, 7) is 0. The molecule has 5 heteroatoms. The summed E-state index contributed by atoms with van der Waals surface area (Å²) in [5.41, 5.74) is 1.04. The van der Waals surface area contributed by atoms with E-state index in [4.69, 9.17) is 9.52 Å². The molecule has 1 aliphatic carbocycles. The number of carboxylic acid groups (broad SMARTS) is 1. The molecule has 0 saturated heterocycles. The number of carboxylic acids is 1. The molecule has 0 aliphatic heterocycles. The highest BCUT2D eigenvalue weighted by Gasteiger charge is 2.23. The van der Waals surface area contributed by atoms with Gasteiger partial charge in [-0.3, -0.25) is 0 Å². The minimum Gasteiger partial charge on any atom is -0.475 e. The fourth-order valence-corrected chi connectivity index (χ4v) is 3.35. The average Bonchev–Trinajstić information content (AvgIpc) is 2.89. The molecule has 2 aromatic heterocycles. The van der Waals surface area contributed by atoms with Gasteiger partial charge in [-0.1, -0.05) is 19.3 Å². The van der Waals surface area contributed by atoms with Gasteiger partial charge < -0.3 is 9.52 Å². The third-order valence-corrected chi connectivity index (χ3v) is 4.16. The highest BCUT2D eigenvalue weighted by Crippen LogP contribution is 2.38. The van der Waals surface area contributed by atoms with Crippen molar-refractivity contribution in [2.75, 3.05) is 0 Å². The number of aromatic carboxylic acids is 1. The molecule has 0 radical (unpaired) electrons. The van der Waals surface area contributed by atoms with Crippen LogP contribution in [0, 0.1) is 0 Å². The molecule has 1 aliphatic rings. The van der Waals surface area contributed by atoms with Crippen molar-refractivity contribution in [1.29, 1.82) is 0 Å². The largest absolute Gasteiger partial charge is 0.475 e. The zero-order valence-corrected chi connectivity index (χ0v) is 10.1. The summed E-state index contributed by atoms with van der Waals surface area (Å²) in [4.78, 5) is 11.5. The summed E-state index contributed by atoms with van der Waals surface area (Å²) in [5.74, 6) is -0.509. The van der Waals surface area contributed by atoms with Crippen LogP contribution in [0.3, 0.4) is 0 Å². The number of aromatic nitrogens is 1. The molecule has 17 heavy (non-hydrogen) atoms. The fourth-order valence-electron chi connectivity index (χ4n) is 2.54. The molecule has 3 rings (SSSR count). The zero-order valence-electron chi connectivity index (χ0n) is 9.31. The average molecular weight is 251 g/mol. The van der Waals surface area contributed by atoms with E-state index in [1.54, 1.807) is 6.07 Å². The van der Waals surface area contributed by atoms with Crippen LogP contribution in [-0.4, -0.2) is 15.4 Å². The molecule has 1 N–H and O–H groups in total. The fraction of sp³-hybridized carbons (Fsp3) is 0.500. The smallest absolute Gasteiger partial charge is 0.371 e. The maximum Gasteiger partial charge on any atom is 0.371 e. The van der Waals surface area contributed by atoms with Crippen LogP contribution in [0.5, 0.6) is 0 Å². The zero-order chi connectivity index (χ0) is 11.8. The molecule has 1 fully saturated rings. The summed E-state index contributed by atoms with van der Waals surface area (Å²) in [7, 11) is 0. The molecule has 0 aromatic carbocycles. The first-order valence-corrected chi connectivity index (χ1v) is 6.65. The van der Waals surface area contributed by atoms with Crippen LogP contribution < -0.4 is 0 Å². The van der Waals surface area contributed by atoms with E-state index in [0.717, 1.165) is 23.9 Å². The Morgan fingerprint density at radius 1 is 1.41 bits per heavy atom. The van der Waals surface area contributed by atoms with Crippen LogP contribution in [0.25, 0.3) is 10.3 Å². The number of fused-ring (bicyclic) bond motifs is 1. The first-order valence-electron chi connectivity index (χ1n) is 5.88. The van der Waals surface area contributed by atoms with E-state index in [9.17, 15) is 4.79 Å². The monoisotopic (exact) mass is 251 g/mol. The van der Waals surface area contributed by atoms with Crippen molar-refractivity contribution in [3.63, 3.8) is 0 Å². The molecule has 4 nitrogen and oxygen atoms in total. The maximum absolute atomic E-state index is 10.8. The first kappa shape index (κ1) is 10.8. The summed E-state index contributed by atoms with van der Waals surface area (Å²) < 4.78 is 9.69. The van der Waals surface area contributed by atoms with Gasteiger partial charge in [0.05, 0.1) is 11.1 Å². The Balaban J connectivity index is 2.00. The normalized spacial score (nSPS) is 17.6. The SMILES string of the molecule is O=C(O)c1cc2c(C3CCCCC3)nsc2o1. The van der Waals surface area contributed by atoms with Crippen LogP contribution in [0.15, 0.2) is 10.5 Å². The second kappa shape index (κ2) is 4.14. The molecule has 0 spiro atoms. The van der Waals surface area contributed by atoms with E-state index in [0.29, 0.717) is 10.8 Å². The summed E-state index contributed by atoms with van der Waals surface area (Å²) in [6.07, 6.45) is 6.11. The molecule has 0 unspecified atom stereocenters. The summed E-state index contributed by atoms with van der Waals surface area (Å²) in [5, 5.41) is 9.80. The molecule has 0 amide bonds. The molecule has 0 atom stereocenters. The number of furan rings is 1. The van der Waals surface area contributed by atoms with Crippen molar-refractivity contribution in [1.82, 2.24) is 4.37 Å². The Morgan fingerprint density at radius 3 is 2.88 bits per heavy atom. The Hall–Kier alpha value is -1.36. The standard InChI is InChI=1S/C12H13NO3S/c14-11(15)9-6-8-10(13-17-12(8)16-9)7-4-2-1-3-5-7/h6-7H,1-5H2,(H,14,15). The number of rotatable bonds is 2. The third-order valence-electron chi connectivity index (χ3n) is 3.40. The molecule has 2 heterocycles. The van der Waals surface area contributed by atoms with Crippen molar-refractivity contribution < 1.29 is 14.3 Å². The van der Waals surface area contributed by atoms with Gasteiger partial charge in [-0.25, -0.2) is 4.79 Å². The summed E-state index contributed by atoms with van der Waals surface area (Å²) in [6, 6.07) is 1.62. The Kier molecular flexibility index (Phi) is 2.63. The number of nitrogens with zero attached hydrogens (tertiary/aromatic N) is 1. The molecule has 1 saturated carbocycles. The quantitative estimate of drug-likeness (QED) is 0.885.